The van der Waals surface area contributed by atoms with Crippen LogP contribution < -0.4 is 20.1 Å². The Kier molecular flexibility index (Phi) is 4.05. The second-order valence-electron chi connectivity index (χ2n) is 6.32. The number of halogens is 1. The topological polar surface area (TPSA) is 62.8 Å². The van der Waals surface area contributed by atoms with Crippen LogP contribution in [0.25, 0.3) is 0 Å². The number of nitrogens with one attached hydrogen (secondary N) is 2. The molecule has 1 saturated carbocycles. The van der Waals surface area contributed by atoms with E-state index < -0.39 is 0 Å². The largest absolute Gasteiger partial charge is 0.454 e. The monoisotopic (exact) mass is 337 g/mol. The van der Waals surface area contributed by atoms with Crippen molar-refractivity contribution in [1.82, 2.24) is 15.5 Å². The molecular formula is C16H20ClN3O3. The first-order valence-corrected chi connectivity index (χ1v) is 8.41. The molecule has 1 atom stereocenters. The molecule has 1 aliphatic carbocycles. The van der Waals surface area contributed by atoms with Crippen molar-refractivity contribution in [2.45, 2.75) is 31.5 Å². The van der Waals surface area contributed by atoms with Crippen LogP contribution >= 0.6 is 11.6 Å². The number of amides is 1. The Balaban J connectivity index is 1.41. The van der Waals surface area contributed by atoms with Crippen LogP contribution in [0.3, 0.4) is 0 Å². The van der Waals surface area contributed by atoms with Crippen molar-refractivity contribution in [3.8, 4) is 11.5 Å². The molecule has 0 bridgehead atoms. The van der Waals surface area contributed by atoms with Gasteiger partial charge in [0, 0.05) is 43.3 Å². The van der Waals surface area contributed by atoms with Crippen LogP contribution in [0.2, 0.25) is 5.02 Å². The molecule has 3 aliphatic rings. The van der Waals surface area contributed by atoms with Gasteiger partial charge in [0.15, 0.2) is 11.5 Å². The summed E-state index contributed by atoms with van der Waals surface area (Å²) in [5, 5.41) is 7.03. The maximum absolute atomic E-state index is 12.2. The van der Waals surface area contributed by atoms with Crippen LogP contribution in [-0.4, -0.2) is 49.3 Å². The Labute approximate surface area is 140 Å². The van der Waals surface area contributed by atoms with Gasteiger partial charge in [0.2, 0.25) is 12.7 Å². The summed E-state index contributed by atoms with van der Waals surface area (Å²) >= 11 is 6.35. The Morgan fingerprint density at radius 2 is 2.13 bits per heavy atom. The maximum atomic E-state index is 12.2. The Morgan fingerprint density at radius 1 is 1.35 bits per heavy atom. The normalized spacial score (nSPS) is 23.8. The summed E-state index contributed by atoms with van der Waals surface area (Å²) in [5.41, 5.74) is 0.999. The third kappa shape index (κ3) is 3.39. The first-order chi connectivity index (χ1) is 11.2. The molecule has 1 saturated heterocycles. The average Bonchev–Trinajstić information content (AvgIpc) is 3.24. The predicted octanol–water partition coefficient (Wildman–Crippen LogP) is 1.12. The van der Waals surface area contributed by atoms with Gasteiger partial charge in [-0.25, -0.2) is 0 Å². The van der Waals surface area contributed by atoms with Crippen LogP contribution in [0.15, 0.2) is 12.1 Å². The molecule has 1 amide bonds. The highest BCUT2D eigenvalue weighted by Gasteiger charge is 2.30. The van der Waals surface area contributed by atoms with Gasteiger partial charge in [-0.2, -0.15) is 0 Å². The van der Waals surface area contributed by atoms with Gasteiger partial charge in [0.1, 0.15) is 0 Å². The summed E-state index contributed by atoms with van der Waals surface area (Å²) in [4.78, 5) is 14.5. The number of piperazine rings is 1. The van der Waals surface area contributed by atoms with Crippen molar-refractivity contribution < 1.29 is 14.3 Å². The molecule has 0 aromatic heterocycles. The van der Waals surface area contributed by atoms with Crippen LogP contribution in [0.5, 0.6) is 11.5 Å². The molecule has 4 rings (SSSR count). The van der Waals surface area contributed by atoms with E-state index in [1.165, 1.54) is 0 Å². The van der Waals surface area contributed by atoms with Crippen LogP contribution in [0, 0.1) is 0 Å². The molecular weight excluding hydrogens is 318 g/mol. The van der Waals surface area contributed by atoms with Gasteiger partial charge in [0.05, 0.1) is 6.04 Å². The molecule has 2 heterocycles. The van der Waals surface area contributed by atoms with E-state index in [1.807, 2.05) is 6.07 Å². The quantitative estimate of drug-likeness (QED) is 0.862. The molecule has 124 valence electrons. The zero-order chi connectivity index (χ0) is 15.8. The van der Waals surface area contributed by atoms with Crippen molar-refractivity contribution in [3.63, 3.8) is 0 Å². The van der Waals surface area contributed by atoms with Crippen molar-refractivity contribution in [1.29, 1.82) is 0 Å². The lowest BCUT2D eigenvalue weighted by Crippen LogP contribution is -2.57. The Morgan fingerprint density at radius 3 is 2.91 bits per heavy atom. The molecule has 6 nitrogen and oxygen atoms in total. The van der Waals surface area contributed by atoms with Crippen molar-refractivity contribution in [2.75, 3.05) is 26.4 Å². The lowest BCUT2D eigenvalue weighted by Gasteiger charge is -2.33. The number of carbonyl (C=O) groups excluding carboxylic acids is 1. The van der Waals surface area contributed by atoms with Gasteiger partial charge in [-0.1, -0.05) is 11.6 Å². The van der Waals surface area contributed by atoms with E-state index in [-0.39, 0.29) is 18.7 Å². The summed E-state index contributed by atoms with van der Waals surface area (Å²) in [6.45, 7) is 3.31. The minimum Gasteiger partial charge on any atom is -0.454 e. The van der Waals surface area contributed by atoms with E-state index in [4.69, 9.17) is 21.1 Å². The number of benzene rings is 1. The summed E-state index contributed by atoms with van der Waals surface area (Å²) in [7, 11) is 0. The number of rotatable bonds is 4. The number of carbonyl (C=O) groups is 1. The van der Waals surface area contributed by atoms with Gasteiger partial charge in [-0.15, -0.1) is 0 Å². The number of hydrogen-bond acceptors (Lipinski definition) is 5. The van der Waals surface area contributed by atoms with E-state index in [9.17, 15) is 4.79 Å². The van der Waals surface area contributed by atoms with Crippen LogP contribution in [0.4, 0.5) is 0 Å². The molecule has 7 heteroatoms. The maximum Gasteiger partial charge on any atom is 0.238 e. The third-order valence-electron chi connectivity index (χ3n) is 4.44. The second-order valence-corrected chi connectivity index (χ2v) is 6.73. The zero-order valence-corrected chi connectivity index (χ0v) is 13.6. The van der Waals surface area contributed by atoms with Crippen LogP contribution in [-0.2, 0) is 11.3 Å². The minimum absolute atomic E-state index is 0.106. The first kappa shape index (κ1) is 15.1. The van der Waals surface area contributed by atoms with Crippen molar-refractivity contribution in [2.24, 2.45) is 0 Å². The van der Waals surface area contributed by atoms with E-state index >= 15 is 0 Å². The lowest BCUT2D eigenvalue weighted by atomic mass is 10.1. The number of fused-ring (bicyclic) bond motifs is 1. The third-order valence-corrected chi connectivity index (χ3v) is 4.79. The predicted molar refractivity (Wildman–Crippen MR) is 85.8 cm³/mol. The SMILES string of the molecule is O=C(NC1CC1)C1CN(Cc2cc3c(cc2Cl)OCO3)CCN1. The smallest absolute Gasteiger partial charge is 0.238 e. The summed E-state index contributed by atoms with van der Waals surface area (Å²) in [6, 6.07) is 3.98. The van der Waals surface area contributed by atoms with E-state index in [1.54, 1.807) is 6.07 Å². The summed E-state index contributed by atoms with van der Waals surface area (Å²) < 4.78 is 10.7. The summed E-state index contributed by atoms with van der Waals surface area (Å²) in [5.74, 6) is 1.54. The van der Waals surface area contributed by atoms with E-state index in [2.05, 4.69) is 15.5 Å². The standard InChI is InChI=1S/C16H20ClN3O3/c17-12-6-15-14(22-9-23-15)5-10(12)7-20-4-3-18-13(8-20)16(21)19-11-1-2-11/h5-6,11,13,18H,1-4,7-9H2,(H,19,21). The zero-order valence-electron chi connectivity index (χ0n) is 12.8. The molecule has 23 heavy (non-hydrogen) atoms. The molecule has 2 aliphatic heterocycles. The van der Waals surface area contributed by atoms with Crippen molar-refractivity contribution >= 4 is 17.5 Å². The van der Waals surface area contributed by atoms with Gasteiger partial charge in [0.25, 0.3) is 0 Å². The highest BCUT2D eigenvalue weighted by Crippen LogP contribution is 2.37. The molecule has 2 N–H and O–H groups in total. The van der Waals surface area contributed by atoms with Gasteiger partial charge in [-0.05, 0) is 24.5 Å². The highest BCUT2D eigenvalue weighted by molar-refractivity contribution is 6.31. The molecule has 0 radical (unpaired) electrons. The molecule has 1 aromatic carbocycles. The van der Waals surface area contributed by atoms with Gasteiger partial charge >= 0.3 is 0 Å². The average molecular weight is 338 g/mol. The minimum atomic E-state index is -0.155. The fourth-order valence-corrected chi connectivity index (χ4v) is 3.19. The van der Waals surface area contributed by atoms with Crippen LogP contribution in [0.1, 0.15) is 18.4 Å². The second kappa shape index (κ2) is 6.19. The number of nitrogens with zero attached hydrogens (tertiary/aromatic N) is 1. The lowest BCUT2D eigenvalue weighted by molar-refractivity contribution is -0.124. The Bertz CT molecular complexity index is 621. The molecule has 1 aromatic rings. The highest BCUT2D eigenvalue weighted by atomic mass is 35.5. The first-order valence-electron chi connectivity index (χ1n) is 8.03. The summed E-state index contributed by atoms with van der Waals surface area (Å²) in [6.07, 6.45) is 2.21. The molecule has 1 unspecified atom stereocenters. The van der Waals surface area contributed by atoms with Gasteiger partial charge < -0.3 is 20.1 Å². The molecule has 0 spiro atoms. The van der Waals surface area contributed by atoms with E-state index in [0.29, 0.717) is 29.9 Å². The number of ether oxygens (including phenoxy) is 2. The molecule has 2 fully saturated rings. The fourth-order valence-electron chi connectivity index (χ4n) is 2.98. The number of hydrogen-bond donors (Lipinski definition) is 2. The van der Waals surface area contributed by atoms with Gasteiger partial charge in [-0.3, -0.25) is 9.69 Å². The fraction of sp³-hybridized carbons (Fsp3) is 0.562. The van der Waals surface area contributed by atoms with E-state index in [0.717, 1.165) is 37.2 Å². The van der Waals surface area contributed by atoms with Crippen molar-refractivity contribution in [3.05, 3.63) is 22.7 Å². The Hall–Kier alpha value is -1.50.